The van der Waals surface area contributed by atoms with E-state index < -0.39 is 12.1 Å². The highest BCUT2D eigenvalue weighted by molar-refractivity contribution is 6.04. The normalized spacial score (nSPS) is 17.1. The minimum absolute atomic E-state index is 0.0810. The van der Waals surface area contributed by atoms with Gasteiger partial charge < -0.3 is 5.32 Å². The summed E-state index contributed by atoms with van der Waals surface area (Å²) >= 11 is 0. The molecule has 138 valence electrons. The summed E-state index contributed by atoms with van der Waals surface area (Å²) < 4.78 is 1.72. The van der Waals surface area contributed by atoms with Crippen LogP contribution < -0.4 is 5.32 Å². The maximum atomic E-state index is 12.7. The van der Waals surface area contributed by atoms with Gasteiger partial charge in [-0.2, -0.15) is 0 Å². The van der Waals surface area contributed by atoms with Gasteiger partial charge in [0.15, 0.2) is 0 Å². The average Bonchev–Trinajstić information content (AvgIpc) is 3.22. The van der Waals surface area contributed by atoms with Gasteiger partial charge in [-0.05, 0) is 26.0 Å². The van der Waals surface area contributed by atoms with E-state index in [1.54, 1.807) is 17.1 Å². The fourth-order valence-corrected chi connectivity index (χ4v) is 2.97. The number of fused-ring (bicyclic) bond motifs is 1. The third kappa shape index (κ3) is 3.35. The van der Waals surface area contributed by atoms with Gasteiger partial charge in [0.1, 0.15) is 6.04 Å². The number of rotatable bonds is 5. The Labute approximate surface area is 155 Å². The fraction of sp³-hybridized carbons (Fsp3) is 0.333. The average molecular weight is 365 g/mol. The summed E-state index contributed by atoms with van der Waals surface area (Å²) in [6.07, 6.45) is 3.68. The van der Waals surface area contributed by atoms with Crippen LogP contribution in [0.5, 0.6) is 0 Å². The van der Waals surface area contributed by atoms with Crippen molar-refractivity contribution in [2.75, 3.05) is 0 Å². The maximum absolute atomic E-state index is 12.7. The van der Waals surface area contributed by atoms with Crippen molar-refractivity contribution in [3.63, 3.8) is 0 Å². The summed E-state index contributed by atoms with van der Waals surface area (Å²) in [5.41, 5.74) is 2.71. The molecule has 9 heteroatoms. The van der Waals surface area contributed by atoms with Crippen molar-refractivity contribution in [3.05, 3.63) is 48.0 Å². The number of benzene rings is 1. The predicted molar refractivity (Wildman–Crippen MR) is 96.5 cm³/mol. The van der Waals surface area contributed by atoms with Gasteiger partial charge in [-0.25, -0.2) is 14.5 Å². The van der Waals surface area contributed by atoms with Crippen LogP contribution in [0.25, 0.3) is 11.0 Å². The van der Waals surface area contributed by atoms with Crippen molar-refractivity contribution < 1.29 is 9.59 Å². The molecule has 2 aromatic heterocycles. The van der Waals surface area contributed by atoms with Gasteiger partial charge in [-0.3, -0.25) is 14.7 Å². The Morgan fingerprint density at radius 1 is 1.15 bits per heavy atom. The molecule has 3 aromatic rings. The van der Waals surface area contributed by atoms with Gasteiger partial charge in [-0.15, -0.1) is 5.10 Å². The molecule has 3 heterocycles. The SMILES string of the molecule is CC(C)n1cc(CC2NC(=O)N(Cc3cnc4ccccc4n3)C2=O)nn1. The molecular formula is C18H19N7O2. The predicted octanol–water partition coefficient (Wildman–Crippen LogP) is 1.47. The number of para-hydroxylation sites is 2. The Morgan fingerprint density at radius 2 is 1.93 bits per heavy atom. The first kappa shape index (κ1) is 17.1. The third-order valence-electron chi connectivity index (χ3n) is 4.43. The molecule has 27 heavy (non-hydrogen) atoms. The summed E-state index contributed by atoms with van der Waals surface area (Å²) in [6, 6.07) is 6.56. The highest BCUT2D eigenvalue weighted by Gasteiger charge is 2.38. The molecule has 3 amide bonds. The number of urea groups is 1. The monoisotopic (exact) mass is 365 g/mol. The number of aromatic nitrogens is 5. The van der Waals surface area contributed by atoms with E-state index in [4.69, 9.17) is 0 Å². The standard InChI is InChI=1S/C18H19N7O2/c1-11(2)25-10-12(22-23-25)7-16-17(26)24(18(27)21-16)9-13-8-19-14-5-3-4-6-15(14)20-13/h3-6,8,10-11,16H,7,9H2,1-2H3,(H,21,27). The molecule has 9 nitrogen and oxygen atoms in total. The number of carbonyl (C=O) groups is 2. The lowest BCUT2D eigenvalue weighted by Gasteiger charge is -2.12. The van der Waals surface area contributed by atoms with Crippen molar-refractivity contribution in [2.24, 2.45) is 0 Å². The smallest absolute Gasteiger partial charge is 0.325 e. The van der Waals surface area contributed by atoms with Crippen molar-refractivity contribution in [3.8, 4) is 0 Å². The molecule has 1 unspecified atom stereocenters. The molecule has 0 radical (unpaired) electrons. The summed E-state index contributed by atoms with van der Waals surface area (Å²) in [6.45, 7) is 4.07. The van der Waals surface area contributed by atoms with Crippen LogP contribution in [0.1, 0.15) is 31.3 Å². The van der Waals surface area contributed by atoms with Crippen LogP contribution in [0.2, 0.25) is 0 Å². The van der Waals surface area contributed by atoms with Crippen LogP contribution in [-0.2, 0) is 17.8 Å². The molecule has 1 aromatic carbocycles. The number of hydrogen-bond acceptors (Lipinski definition) is 6. The van der Waals surface area contributed by atoms with E-state index in [0.717, 1.165) is 15.9 Å². The molecule has 1 saturated heterocycles. The largest absolute Gasteiger partial charge is 0.325 e. The van der Waals surface area contributed by atoms with Crippen molar-refractivity contribution in [1.29, 1.82) is 0 Å². The minimum atomic E-state index is -0.650. The van der Waals surface area contributed by atoms with Crippen molar-refractivity contribution >= 4 is 23.0 Å². The Kier molecular flexibility index (Phi) is 4.27. The zero-order chi connectivity index (χ0) is 19.0. The number of imide groups is 1. The van der Waals surface area contributed by atoms with Crippen LogP contribution >= 0.6 is 0 Å². The van der Waals surface area contributed by atoms with Crippen LogP contribution in [-0.4, -0.2) is 47.8 Å². The topological polar surface area (TPSA) is 106 Å². The van der Waals surface area contributed by atoms with Crippen LogP contribution in [0.3, 0.4) is 0 Å². The van der Waals surface area contributed by atoms with E-state index in [1.807, 2.05) is 38.1 Å². The Morgan fingerprint density at radius 3 is 2.67 bits per heavy atom. The van der Waals surface area contributed by atoms with E-state index in [1.165, 1.54) is 0 Å². The summed E-state index contributed by atoms with van der Waals surface area (Å²) in [5.74, 6) is -0.297. The second kappa shape index (κ2) is 6.75. The van der Waals surface area contributed by atoms with Crippen LogP contribution in [0.4, 0.5) is 4.79 Å². The lowest BCUT2D eigenvalue weighted by molar-refractivity contribution is -0.127. The zero-order valence-corrected chi connectivity index (χ0v) is 15.0. The van der Waals surface area contributed by atoms with E-state index >= 15 is 0 Å². The Bertz CT molecular complexity index is 1010. The number of hydrogen-bond donors (Lipinski definition) is 1. The number of nitrogens with one attached hydrogen (secondary N) is 1. The molecule has 1 atom stereocenters. The molecule has 0 bridgehead atoms. The second-order valence-electron chi connectivity index (χ2n) is 6.76. The van der Waals surface area contributed by atoms with E-state index in [2.05, 4.69) is 25.6 Å². The second-order valence-corrected chi connectivity index (χ2v) is 6.76. The highest BCUT2D eigenvalue weighted by Crippen LogP contribution is 2.16. The quantitative estimate of drug-likeness (QED) is 0.686. The van der Waals surface area contributed by atoms with Gasteiger partial charge in [0, 0.05) is 18.7 Å². The lowest BCUT2D eigenvalue weighted by Crippen LogP contribution is -2.32. The van der Waals surface area contributed by atoms with Gasteiger partial charge in [0.05, 0.1) is 35.2 Å². The minimum Gasteiger partial charge on any atom is -0.325 e. The molecule has 0 aliphatic carbocycles. The molecule has 4 rings (SSSR count). The number of amides is 3. The van der Waals surface area contributed by atoms with Gasteiger partial charge in [-0.1, -0.05) is 17.3 Å². The molecule has 1 N–H and O–H groups in total. The van der Waals surface area contributed by atoms with Crippen molar-refractivity contribution in [1.82, 2.24) is 35.2 Å². The molecule has 1 aliphatic rings. The molecule has 0 spiro atoms. The van der Waals surface area contributed by atoms with E-state index in [-0.39, 0.29) is 18.5 Å². The van der Waals surface area contributed by atoms with E-state index in [9.17, 15) is 9.59 Å². The third-order valence-corrected chi connectivity index (χ3v) is 4.43. The molecule has 0 saturated carbocycles. The molecule has 1 fully saturated rings. The first-order chi connectivity index (χ1) is 13.0. The number of carbonyl (C=O) groups excluding carboxylic acids is 2. The number of nitrogens with zero attached hydrogens (tertiary/aromatic N) is 6. The first-order valence-electron chi connectivity index (χ1n) is 8.74. The van der Waals surface area contributed by atoms with Crippen LogP contribution in [0, 0.1) is 0 Å². The van der Waals surface area contributed by atoms with Gasteiger partial charge in [0.25, 0.3) is 5.91 Å². The van der Waals surface area contributed by atoms with Crippen LogP contribution in [0.15, 0.2) is 36.7 Å². The molecular weight excluding hydrogens is 346 g/mol. The molecule has 1 aliphatic heterocycles. The van der Waals surface area contributed by atoms with Gasteiger partial charge >= 0.3 is 6.03 Å². The summed E-state index contributed by atoms with van der Waals surface area (Å²) in [7, 11) is 0. The maximum Gasteiger partial charge on any atom is 0.325 e. The zero-order valence-electron chi connectivity index (χ0n) is 15.0. The Balaban J connectivity index is 1.48. The van der Waals surface area contributed by atoms with Crippen molar-refractivity contribution in [2.45, 2.75) is 38.9 Å². The lowest BCUT2D eigenvalue weighted by atomic mass is 10.1. The van der Waals surface area contributed by atoms with Gasteiger partial charge in [0.2, 0.25) is 0 Å². The first-order valence-corrected chi connectivity index (χ1v) is 8.74. The van der Waals surface area contributed by atoms with E-state index in [0.29, 0.717) is 17.8 Å². The summed E-state index contributed by atoms with van der Waals surface area (Å²) in [5, 5.41) is 10.8. The summed E-state index contributed by atoms with van der Waals surface area (Å²) in [4.78, 5) is 34.9. The Hall–Kier alpha value is -3.36. The fourth-order valence-electron chi connectivity index (χ4n) is 2.97. The highest BCUT2D eigenvalue weighted by atomic mass is 16.2.